The van der Waals surface area contributed by atoms with Gasteiger partial charge < -0.3 is 9.30 Å². The van der Waals surface area contributed by atoms with Crippen LogP contribution in [0, 0.1) is 6.92 Å². The minimum atomic E-state index is -0.195. The summed E-state index contributed by atoms with van der Waals surface area (Å²) in [6, 6.07) is 6.94. The second kappa shape index (κ2) is 6.92. The quantitative estimate of drug-likeness (QED) is 0.437. The second-order valence-corrected chi connectivity index (χ2v) is 7.12. The molecule has 150 valence electrons. The number of ether oxygens (including phenoxy) is 1. The number of nitrogens with zero attached hydrogens (tertiary/aromatic N) is 8. The van der Waals surface area contributed by atoms with Gasteiger partial charge in [-0.05, 0) is 31.2 Å². The van der Waals surface area contributed by atoms with E-state index in [1.54, 1.807) is 35.8 Å². The molecule has 0 radical (unpaired) electrons. The van der Waals surface area contributed by atoms with E-state index in [0.717, 1.165) is 0 Å². The molecule has 30 heavy (non-hydrogen) atoms. The first-order valence-corrected chi connectivity index (χ1v) is 9.38. The molecular formula is C19H15ClN8O2. The van der Waals surface area contributed by atoms with E-state index in [2.05, 4.69) is 25.0 Å². The van der Waals surface area contributed by atoms with Crippen LogP contribution in [-0.2, 0) is 13.6 Å². The molecule has 0 aliphatic carbocycles. The lowest BCUT2D eigenvalue weighted by Crippen LogP contribution is -2.24. The number of aryl methyl sites for hydroxylation is 2. The molecule has 5 aromatic rings. The topological polar surface area (TPSA) is 105 Å². The van der Waals surface area contributed by atoms with Gasteiger partial charge in [0.05, 0.1) is 18.4 Å². The summed E-state index contributed by atoms with van der Waals surface area (Å²) in [7, 11) is 1.82. The zero-order valence-corrected chi connectivity index (χ0v) is 16.8. The molecule has 11 heteroatoms. The third-order valence-corrected chi connectivity index (χ3v) is 4.96. The number of hydrogen-bond donors (Lipinski definition) is 0. The number of hydrogen-bond acceptors (Lipinski definition) is 7. The lowest BCUT2D eigenvalue weighted by molar-refractivity contribution is 0.462. The van der Waals surface area contributed by atoms with Crippen LogP contribution >= 0.6 is 11.6 Å². The van der Waals surface area contributed by atoms with Gasteiger partial charge in [0.15, 0.2) is 11.2 Å². The molecule has 0 saturated carbocycles. The molecule has 4 heterocycles. The van der Waals surface area contributed by atoms with Crippen molar-refractivity contribution in [3.63, 3.8) is 0 Å². The zero-order valence-electron chi connectivity index (χ0n) is 16.0. The van der Waals surface area contributed by atoms with Gasteiger partial charge in [0.25, 0.3) is 5.56 Å². The van der Waals surface area contributed by atoms with Gasteiger partial charge in [0, 0.05) is 12.1 Å². The van der Waals surface area contributed by atoms with Crippen molar-refractivity contribution in [2.75, 3.05) is 0 Å². The van der Waals surface area contributed by atoms with E-state index in [0.29, 0.717) is 45.0 Å². The van der Waals surface area contributed by atoms with Crippen LogP contribution in [0.1, 0.15) is 11.5 Å². The van der Waals surface area contributed by atoms with E-state index < -0.39 is 0 Å². The minimum absolute atomic E-state index is 0.195. The van der Waals surface area contributed by atoms with Gasteiger partial charge in [0.2, 0.25) is 11.5 Å². The van der Waals surface area contributed by atoms with Crippen molar-refractivity contribution in [2.24, 2.45) is 7.05 Å². The Morgan fingerprint density at radius 3 is 2.70 bits per heavy atom. The molecule has 4 aromatic heterocycles. The molecule has 10 nitrogen and oxygen atoms in total. The van der Waals surface area contributed by atoms with Crippen molar-refractivity contribution < 1.29 is 4.74 Å². The maximum absolute atomic E-state index is 12.8. The van der Waals surface area contributed by atoms with E-state index in [-0.39, 0.29) is 12.1 Å². The third-order valence-electron chi connectivity index (χ3n) is 4.71. The molecule has 1 aromatic carbocycles. The summed E-state index contributed by atoms with van der Waals surface area (Å²) < 4.78 is 10.5. The van der Waals surface area contributed by atoms with Gasteiger partial charge in [-0.15, -0.1) is 0 Å². The molecule has 0 bridgehead atoms. The van der Waals surface area contributed by atoms with Gasteiger partial charge in [-0.25, -0.2) is 19.5 Å². The summed E-state index contributed by atoms with van der Waals surface area (Å²) >= 11 is 5.90. The Hall–Kier alpha value is -3.79. The molecule has 0 spiro atoms. The fraction of sp³-hybridized carbons (Fsp3) is 0.158. The first-order chi connectivity index (χ1) is 14.5. The fourth-order valence-electron chi connectivity index (χ4n) is 3.14. The predicted octanol–water partition coefficient (Wildman–Crippen LogP) is 2.37. The summed E-state index contributed by atoms with van der Waals surface area (Å²) in [5.41, 5.74) is 1.86. The van der Waals surface area contributed by atoms with Crippen molar-refractivity contribution in [3.05, 3.63) is 70.0 Å². The number of fused-ring (bicyclic) bond motifs is 2. The van der Waals surface area contributed by atoms with Crippen LogP contribution in [0.3, 0.4) is 0 Å². The summed E-state index contributed by atoms with van der Waals surface area (Å²) in [6.07, 6.45) is 4.51. The zero-order chi connectivity index (χ0) is 20.8. The van der Waals surface area contributed by atoms with E-state index in [1.807, 2.05) is 7.05 Å². The average molecular weight is 423 g/mol. The normalized spacial score (nSPS) is 11.4. The Morgan fingerprint density at radius 2 is 1.90 bits per heavy atom. The van der Waals surface area contributed by atoms with Crippen LogP contribution in [0.5, 0.6) is 11.6 Å². The van der Waals surface area contributed by atoms with Gasteiger partial charge in [-0.3, -0.25) is 9.36 Å². The molecule has 0 fully saturated rings. The molecule has 0 saturated heterocycles. The van der Waals surface area contributed by atoms with E-state index >= 15 is 0 Å². The molecule has 0 aliphatic heterocycles. The number of halogens is 1. The van der Waals surface area contributed by atoms with Gasteiger partial charge in [0.1, 0.15) is 24.2 Å². The van der Waals surface area contributed by atoms with Crippen LogP contribution in [-0.4, -0.2) is 38.7 Å². The lowest BCUT2D eigenvalue weighted by atomic mass is 10.3. The first kappa shape index (κ1) is 18.3. The molecule has 5 rings (SSSR count). The standard InChI is InChI=1S/C19H15ClN8O2/c1-11-16-19(29)27(10-23-28(16)9-22-11)8-14-24-17-18(26(14)2)21-7-15(25-17)30-13-5-3-12(20)4-6-13/h3-7,9-10H,8H2,1-2H3. The molecule has 0 unspecified atom stereocenters. The van der Waals surface area contributed by atoms with Gasteiger partial charge in [-0.1, -0.05) is 11.6 Å². The largest absolute Gasteiger partial charge is 0.437 e. The number of benzene rings is 1. The van der Waals surface area contributed by atoms with Crippen molar-refractivity contribution in [1.82, 2.24) is 38.7 Å². The Morgan fingerprint density at radius 1 is 1.10 bits per heavy atom. The van der Waals surface area contributed by atoms with Crippen molar-refractivity contribution >= 4 is 28.4 Å². The number of imidazole rings is 2. The van der Waals surface area contributed by atoms with E-state index in [1.165, 1.54) is 27.9 Å². The molecule has 0 atom stereocenters. The Kier molecular flexibility index (Phi) is 4.21. The molecule has 0 aliphatic rings. The highest BCUT2D eigenvalue weighted by Gasteiger charge is 2.15. The molecule has 0 amide bonds. The molecule has 0 N–H and O–H groups in total. The predicted molar refractivity (Wildman–Crippen MR) is 109 cm³/mol. The van der Waals surface area contributed by atoms with E-state index in [9.17, 15) is 4.79 Å². The van der Waals surface area contributed by atoms with Crippen LogP contribution in [0.15, 0.2) is 47.9 Å². The smallest absolute Gasteiger partial charge is 0.280 e. The summed E-state index contributed by atoms with van der Waals surface area (Å²) in [5.74, 6) is 1.51. The third kappa shape index (κ3) is 3.07. The summed E-state index contributed by atoms with van der Waals surface area (Å²) in [4.78, 5) is 30.3. The van der Waals surface area contributed by atoms with Crippen LogP contribution in [0.2, 0.25) is 5.02 Å². The SMILES string of the molecule is Cc1ncn2ncn(Cc3nc4nc(Oc5ccc(Cl)cc5)cnc4n3C)c(=O)c12. The van der Waals surface area contributed by atoms with Gasteiger partial charge >= 0.3 is 0 Å². The van der Waals surface area contributed by atoms with Crippen LogP contribution in [0.4, 0.5) is 0 Å². The molecular weight excluding hydrogens is 408 g/mol. The minimum Gasteiger partial charge on any atom is -0.437 e. The monoisotopic (exact) mass is 422 g/mol. The average Bonchev–Trinajstić information content (AvgIpc) is 3.26. The number of aromatic nitrogens is 8. The second-order valence-electron chi connectivity index (χ2n) is 6.69. The maximum atomic E-state index is 12.8. The Bertz CT molecular complexity index is 1450. The number of rotatable bonds is 4. The van der Waals surface area contributed by atoms with E-state index in [4.69, 9.17) is 16.3 Å². The highest BCUT2D eigenvalue weighted by atomic mass is 35.5. The first-order valence-electron chi connectivity index (χ1n) is 9.01. The highest BCUT2D eigenvalue weighted by Crippen LogP contribution is 2.22. The lowest BCUT2D eigenvalue weighted by Gasteiger charge is -2.06. The Labute approximate surface area is 174 Å². The maximum Gasteiger partial charge on any atom is 0.280 e. The van der Waals surface area contributed by atoms with Crippen LogP contribution in [0.25, 0.3) is 16.8 Å². The summed E-state index contributed by atoms with van der Waals surface area (Å²) in [6.45, 7) is 1.99. The van der Waals surface area contributed by atoms with Crippen molar-refractivity contribution in [3.8, 4) is 11.6 Å². The van der Waals surface area contributed by atoms with Crippen molar-refractivity contribution in [2.45, 2.75) is 13.5 Å². The van der Waals surface area contributed by atoms with Crippen molar-refractivity contribution in [1.29, 1.82) is 0 Å². The highest BCUT2D eigenvalue weighted by molar-refractivity contribution is 6.30. The van der Waals surface area contributed by atoms with Crippen LogP contribution < -0.4 is 10.3 Å². The van der Waals surface area contributed by atoms with Gasteiger partial charge in [-0.2, -0.15) is 10.1 Å². The summed E-state index contributed by atoms with van der Waals surface area (Å²) in [5, 5.41) is 4.85. The Balaban J connectivity index is 1.49. The fourth-order valence-corrected chi connectivity index (χ4v) is 3.27.